The molecule has 1 aromatic rings. The van der Waals surface area contributed by atoms with Crippen molar-refractivity contribution in [3.8, 4) is 12.1 Å². The quantitative estimate of drug-likeness (QED) is 0.797. The average Bonchev–Trinajstić information content (AvgIpc) is 3.12. The lowest BCUT2D eigenvalue weighted by molar-refractivity contribution is -0.0979. The molecule has 0 aromatic heterocycles. The third kappa shape index (κ3) is 4.71. The Kier molecular flexibility index (Phi) is 8.00. The fourth-order valence-electron chi connectivity index (χ4n) is 2.52. The Morgan fingerprint density at radius 1 is 1.18 bits per heavy atom. The molecule has 0 unspecified atom stereocenters. The van der Waals surface area contributed by atoms with E-state index in [9.17, 15) is 0 Å². The Hall–Kier alpha value is -2.66. The second kappa shape index (κ2) is 10.1. The summed E-state index contributed by atoms with van der Waals surface area (Å²) in [7, 11) is 0. The molecule has 0 saturated heterocycles. The van der Waals surface area contributed by atoms with E-state index in [0.29, 0.717) is 0 Å². The van der Waals surface area contributed by atoms with Crippen LogP contribution >= 0.6 is 0 Å². The zero-order chi connectivity index (χ0) is 16.2. The highest BCUT2D eigenvalue weighted by atomic mass is 16.5. The highest BCUT2D eigenvalue weighted by Gasteiger charge is 2.18. The van der Waals surface area contributed by atoms with Gasteiger partial charge in [-0.15, -0.1) is 0 Å². The van der Waals surface area contributed by atoms with Gasteiger partial charge >= 0.3 is 0 Å². The number of ether oxygens (including phenoxy) is 1. The molecule has 3 rings (SSSR count). The van der Waals surface area contributed by atoms with Crippen molar-refractivity contribution in [2.24, 2.45) is 4.99 Å². The Balaban J connectivity index is 0.000000299. The molecule has 22 heavy (non-hydrogen) atoms. The fraction of sp³-hybridized carbons (Fsp3) is 0.412. The lowest BCUT2D eigenvalue weighted by Gasteiger charge is -2.18. The second-order valence-electron chi connectivity index (χ2n) is 4.68. The van der Waals surface area contributed by atoms with E-state index in [1.807, 2.05) is 6.79 Å². The first kappa shape index (κ1) is 17.4. The Labute approximate surface area is 130 Å². The van der Waals surface area contributed by atoms with Crippen LogP contribution in [0.15, 0.2) is 23.2 Å². The molecule has 1 aromatic carbocycles. The van der Waals surface area contributed by atoms with Crippen LogP contribution in [0.5, 0.6) is 0 Å². The summed E-state index contributed by atoms with van der Waals surface area (Å²) in [6, 6.07) is 9.83. The average molecular weight is 297 g/mol. The molecule has 1 aliphatic heterocycles. The number of hydrogen-bond donors (Lipinski definition) is 0. The molecule has 0 radical (unpaired) electrons. The van der Waals surface area contributed by atoms with Crippen molar-refractivity contribution < 1.29 is 9.53 Å². The van der Waals surface area contributed by atoms with Crippen LogP contribution in [0, 0.1) is 22.7 Å². The Morgan fingerprint density at radius 2 is 1.91 bits per heavy atom. The first-order chi connectivity index (χ1) is 10.9. The zero-order valence-electron chi connectivity index (χ0n) is 12.5. The van der Waals surface area contributed by atoms with Crippen LogP contribution in [0.3, 0.4) is 0 Å². The van der Waals surface area contributed by atoms with Gasteiger partial charge in [0.1, 0.15) is 19.8 Å². The summed E-state index contributed by atoms with van der Waals surface area (Å²) in [6.07, 6.45) is 5.03. The molecule has 114 valence electrons. The van der Waals surface area contributed by atoms with Crippen LogP contribution in [0.1, 0.15) is 36.0 Å². The molecule has 1 heterocycles. The van der Waals surface area contributed by atoms with E-state index >= 15 is 0 Å². The largest absolute Gasteiger partial charge is 0.476 e. The van der Waals surface area contributed by atoms with Gasteiger partial charge in [0.15, 0.2) is 0 Å². The van der Waals surface area contributed by atoms with Gasteiger partial charge in [-0.1, -0.05) is 12.1 Å². The van der Waals surface area contributed by atoms with Gasteiger partial charge in [0.25, 0.3) is 0 Å². The molecule has 0 bridgehead atoms. The standard InChI is InChI=1S/C13H15NO.C3H2N2.CH2O/c1-2-6-11-10(4-1)5-3-7-12(11)13-14-8-9-15-13;4-2-1-3-5;1-2/h3,5,7H,1-2,4,6,8-9H2;1H2;1H2. The number of nitriles is 2. The number of rotatable bonds is 1. The summed E-state index contributed by atoms with van der Waals surface area (Å²) in [5.41, 5.74) is 4.21. The number of carbonyl (C=O) groups excluding carboxylic acids is 1. The summed E-state index contributed by atoms with van der Waals surface area (Å²) < 4.78 is 5.56. The normalized spacial score (nSPS) is 14.4. The maximum absolute atomic E-state index is 8.00. The van der Waals surface area contributed by atoms with Crippen LogP contribution in [0.2, 0.25) is 0 Å². The number of aliphatic imine (C=N–C) groups is 1. The molecule has 0 spiro atoms. The van der Waals surface area contributed by atoms with Crippen molar-refractivity contribution in [1.82, 2.24) is 0 Å². The Bertz CT molecular complexity index is 585. The highest BCUT2D eigenvalue weighted by molar-refractivity contribution is 5.96. The molecule has 0 amide bonds. The van der Waals surface area contributed by atoms with Gasteiger partial charge in [-0.2, -0.15) is 10.5 Å². The number of nitrogens with zero attached hydrogens (tertiary/aromatic N) is 3. The van der Waals surface area contributed by atoms with E-state index < -0.39 is 0 Å². The predicted molar refractivity (Wildman–Crippen MR) is 83.4 cm³/mol. The van der Waals surface area contributed by atoms with Crippen LogP contribution in [-0.4, -0.2) is 25.8 Å². The van der Waals surface area contributed by atoms with E-state index in [-0.39, 0.29) is 6.42 Å². The number of benzene rings is 1. The number of aryl methyl sites for hydroxylation is 1. The van der Waals surface area contributed by atoms with Gasteiger partial charge in [-0.25, -0.2) is 4.99 Å². The fourth-order valence-corrected chi connectivity index (χ4v) is 2.52. The summed E-state index contributed by atoms with van der Waals surface area (Å²) >= 11 is 0. The molecule has 0 N–H and O–H groups in total. The van der Waals surface area contributed by atoms with Gasteiger partial charge in [0.2, 0.25) is 5.90 Å². The van der Waals surface area contributed by atoms with Gasteiger partial charge < -0.3 is 9.53 Å². The summed E-state index contributed by atoms with van der Waals surface area (Å²) in [5.74, 6) is 0.869. The van der Waals surface area contributed by atoms with Crippen LogP contribution in [-0.2, 0) is 22.4 Å². The third-order valence-electron chi connectivity index (χ3n) is 3.37. The van der Waals surface area contributed by atoms with Gasteiger partial charge in [0, 0.05) is 5.56 Å². The molecule has 0 atom stereocenters. The first-order valence-corrected chi connectivity index (χ1v) is 7.18. The monoisotopic (exact) mass is 297 g/mol. The van der Waals surface area contributed by atoms with Gasteiger partial charge in [0.05, 0.1) is 18.7 Å². The maximum atomic E-state index is 8.00. The zero-order valence-corrected chi connectivity index (χ0v) is 12.5. The van der Waals surface area contributed by atoms with Crippen LogP contribution in [0.25, 0.3) is 0 Å². The van der Waals surface area contributed by atoms with E-state index in [1.165, 1.54) is 42.4 Å². The molecule has 0 saturated carbocycles. The van der Waals surface area contributed by atoms with E-state index in [0.717, 1.165) is 19.0 Å². The van der Waals surface area contributed by atoms with E-state index in [1.54, 1.807) is 12.1 Å². The molecule has 5 heteroatoms. The van der Waals surface area contributed by atoms with Crippen molar-refractivity contribution in [2.45, 2.75) is 32.1 Å². The predicted octanol–water partition coefficient (Wildman–Crippen LogP) is 2.58. The maximum Gasteiger partial charge on any atom is 0.216 e. The van der Waals surface area contributed by atoms with Crippen molar-refractivity contribution in [3.63, 3.8) is 0 Å². The van der Waals surface area contributed by atoms with Crippen molar-refractivity contribution in [2.75, 3.05) is 13.2 Å². The molecule has 0 fully saturated rings. The van der Waals surface area contributed by atoms with Crippen LogP contribution in [0.4, 0.5) is 0 Å². The van der Waals surface area contributed by atoms with Gasteiger partial charge in [-0.05, 0) is 42.9 Å². The lowest BCUT2D eigenvalue weighted by Crippen LogP contribution is -2.11. The minimum atomic E-state index is 0. The van der Waals surface area contributed by atoms with Crippen molar-refractivity contribution in [3.05, 3.63) is 34.9 Å². The minimum absolute atomic E-state index is 0. The topological polar surface area (TPSA) is 86.2 Å². The first-order valence-electron chi connectivity index (χ1n) is 7.18. The summed E-state index contributed by atoms with van der Waals surface area (Å²) in [4.78, 5) is 12.4. The van der Waals surface area contributed by atoms with Crippen molar-refractivity contribution >= 4 is 12.7 Å². The molecular formula is C17H19N3O2. The second-order valence-corrected chi connectivity index (χ2v) is 4.68. The smallest absolute Gasteiger partial charge is 0.216 e. The summed E-state index contributed by atoms with van der Waals surface area (Å²) in [5, 5.41) is 15.2. The minimum Gasteiger partial charge on any atom is -0.476 e. The van der Waals surface area contributed by atoms with E-state index in [4.69, 9.17) is 20.1 Å². The van der Waals surface area contributed by atoms with Crippen molar-refractivity contribution in [1.29, 1.82) is 10.5 Å². The number of fused-ring (bicyclic) bond motifs is 1. The third-order valence-corrected chi connectivity index (χ3v) is 3.37. The Morgan fingerprint density at radius 3 is 2.50 bits per heavy atom. The highest BCUT2D eigenvalue weighted by Crippen LogP contribution is 2.25. The number of hydrogen-bond acceptors (Lipinski definition) is 5. The lowest BCUT2D eigenvalue weighted by atomic mass is 9.88. The molecule has 5 nitrogen and oxygen atoms in total. The molecule has 1 aliphatic carbocycles. The van der Waals surface area contributed by atoms with Crippen LogP contribution < -0.4 is 0 Å². The summed E-state index contributed by atoms with van der Waals surface area (Å²) in [6.45, 7) is 3.57. The van der Waals surface area contributed by atoms with E-state index in [2.05, 4.69) is 23.2 Å². The number of carbonyl (C=O) groups is 1. The molecule has 2 aliphatic rings. The molecular weight excluding hydrogens is 278 g/mol. The SMILES string of the molecule is C=O.N#CCC#N.c1cc2c(c(C3=NCCO3)c1)CCCC2. The van der Waals surface area contributed by atoms with Gasteiger partial charge in [-0.3, -0.25) is 0 Å².